The summed E-state index contributed by atoms with van der Waals surface area (Å²) < 4.78 is 0. The Morgan fingerprint density at radius 2 is 1.81 bits per heavy atom. The number of likely N-dealkylation sites (tertiary alicyclic amines) is 1. The molecule has 0 unspecified atom stereocenters. The average Bonchev–Trinajstić information content (AvgIpc) is 3.23. The third kappa shape index (κ3) is 4.56. The van der Waals surface area contributed by atoms with Gasteiger partial charge in [-0.3, -0.25) is 9.69 Å². The van der Waals surface area contributed by atoms with Crippen molar-refractivity contribution in [1.82, 2.24) is 20.4 Å². The summed E-state index contributed by atoms with van der Waals surface area (Å²) >= 11 is 0. The standard InChI is InChI=1S/C14H24N4O2.ClH/c19-13-10-16-14(20)18(13)8-7-17-5-3-12(4-6-17)15-9-11-1-2-11;/h11-12,15H,1-10H2,(H,16,20);1H. The van der Waals surface area contributed by atoms with Gasteiger partial charge in [0.2, 0.25) is 5.91 Å². The summed E-state index contributed by atoms with van der Waals surface area (Å²) in [6.07, 6.45) is 5.15. The molecule has 0 aromatic carbocycles. The number of amides is 3. The molecule has 0 atom stereocenters. The Bertz CT molecular complexity index is 365. The normalized spacial score (nSPS) is 24.1. The molecule has 120 valence electrons. The van der Waals surface area contributed by atoms with Crippen LogP contribution >= 0.6 is 12.4 Å². The lowest BCUT2D eigenvalue weighted by Gasteiger charge is -2.33. The van der Waals surface area contributed by atoms with Crippen molar-refractivity contribution < 1.29 is 9.59 Å². The smallest absolute Gasteiger partial charge is 0.324 e. The Morgan fingerprint density at radius 1 is 1.10 bits per heavy atom. The Balaban J connectivity index is 0.00000161. The van der Waals surface area contributed by atoms with Crippen molar-refractivity contribution in [2.45, 2.75) is 31.7 Å². The Kier molecular flexibility index (Phi) is 5.84. The molecule has 2 heterocycles. The molecular formula is C14H25ClN4O2. The lowest BCUT2D eigenvalue weighted by atomic mass is 10.0. The van der Waals surface area contributed by atoms with Crippen LogP contribution in [0.4, 0.5) is 4.79 Å². The molecule has 3 amide bonds. The predicted molar refractivity (Wildman–Crippen MR) is 82.5 cm³/mol. The lowest BCUT2D eigenvalue weighted by Crippen LogP contribution is -2.46. The first-order valence-electron chi connectivity index (χ1n) is 7.76. The molecule has 0 radical (unpaired) electrons. The van der Waals surface area contributed by atoms with Crippen LogP contribution in [0.25, 0.3) is 0 Å². The number of hydrogen-bond acceptors (Lipinski definition) is 4. The summed E-state index contributed by atoms with van der Waals surface area (Å²) in [5, 5.41) is 6.22. The highest BCUT2D eigenvalue weighted by Gasteiger charge is 2.29. The fourth-order valence-electron chi connectivity index (χ4n) is 2.94. The van der Waals surface area contributed by atoms with Gasteiger partial charge in [-0.15, -0.1) is 12.4 Å². The first-order chi connectivity index (χ1) is 9.72. The Morgan fingerprint density at radius 3 is 2.38 bits per heavy atom. The summed E-state index contributed by atoms with van der Waals surface area (Å²) in [5.41, 5.74) is 0. The second-order valence-corrected chi connectivity index (χ2v) is 6.17. The molecule has 0 bridgehead atoms. The van der Waals surface area contributed by atoms with Crippen molar-refractivity contribution >= 4 is 24.3 Å². The molecule has 0 spiro atoms. The van der Waals surface area contributed by atoms with E-state index in [1.165, 1.54) is 37.1 Å². The average molecular weight is 317 g/mol. The highest BCUT2D eigenvalue weighted by atomic mass is 35.5. The van der Waals surface area contributed by atoms with E-state index in [4.69, 9.17) is 0 Å². The van der Waals surface area contributed by atoms with E-state index in [9.17, 15) is 9.59 Å². The van der Waals surface area contributed by atoms with Gasteiger partial charge in [-0.2, -0.15) is 0 Å². The van der Waals surface area contributed by atoms with Crippen molar-refractivity contribution in [3.05, 3.63) is 0 Å². The molecule has 0 aromatic heterocycles. The van der Waals surface area contributed by atoms with Crippen LogP contribution in [-0.4, -0.2) is 67.0 Å². The van der Waals surface area contributed by atoms with E-state index in [1.54, 1.807) is 0 Å². The minimum atomic E-state index is -0.240. The third-order valence-corrected chi connectivity index (χ3v) is 4.56. The molecule has 3 aliphatic rings. The summed E-state index contributed by atoms with van der Waals surface area (Å²) in [4.78, 5) is 26.6. The maximum absolute atomic E-state index is 11.5. The van der Waals surface area contributed by atoms with Gasteiger partial charge in [-0.05, 0) is 51.2 Å². The molecular weight excluding hydrogens is 292 g/mol. The molecule has 2 saturated heterocycles. The van der Waals surface area contributed by atoms with Gasteiger partial charge in [-0.1, -0.05) is 0 Å². The van der Waals surface area contributed by atoms with Crippen LogP contribution < -0.4 is 10.6 Å². The van der Waals surface area contributed by atoms with Crippen LogP contribution in [-0.2, 0) is 4.79 Å². The zero-order chi connectivity index (χ0) is 13.9. The maximum Gasteiger partial charge on any atom is 0.324 e. The highest BCUT2D eigenvalue weighted by molar-refractivity contribution is 6.01. The number of urea groups is 1. The van der Waals surface area contributed by atoms with Crippen molar-refractivity contribution in [3.8, 4) is 0 Å². The van der Waals surface area contributed by atoms with Crippen molar-refractivity contribution in [2.24, 2.45) is 5.92 Å². The van der Waals surface area contributed by atoms with E-state index >= 15 is 0 Å². The van der Waals surface area contributed by atoms with Gasteiger partial charge < -0.3 is 15.5 Å². The van der Waals surface area contributed by atoms with Gasteiger partial charge in [-0.25, -0.2) is 4.79 Å². The van der Waals surface area contributed by atoms with E-state index in [1.807, 2.05) is 0 Å². The molecule has 1 aliphatic carbocycles. The SMILES string of the molecule is Cl.O=C1CNC(=O)N1CCN1CCC(NCC2CC2)CC1. The van der Waals surface area contributed by atoms with Crippen molar-refractivity contribution in [2.75, 3.05) is 39.3 Å². The van der Waals surface area contributed by atoms with Crippen LogP contribution in [0.15, 0.2) is 0 Å². The number of nitrogens with one attached hydrogen (secondary N) is 2. The summed E-state index contributed by atoms with van der Waals surface area (Å²) in [6, 6.07) is 0.416. The second kappa shape index (κ2) is 7.42. The largest absolute Gasteiger partial charge is 0.329 e. The minimum Gasteiger partial charge on any atom is -0.329 e. The molecule has 3 rings (SSSR count). The van der Waals surface area contributed by atoms with Crippen LogP contribution in [0.5, 0.6) is 0 Å². The fraction of sp³-hybridized carbons (Fsp3) is 0.857. The molecule has 3 fully saturated rings. The quantitative estimate of drug-likeness (QED) is 0.697. The van der Waals surface area contributed by atoms with Gasteiger partial charge in [0.1, 0.15) is 0 Å². The number of rotatable bonds is 6. The van der Waals surface area contributed by atoms with Crippen molar-refractivity contribution in [3.63, 3.8) is 0 Å². The number of piperidine rings is 1. The van der Waals surface area contributed by atoms with Crippen LogP contribution in [0.2, 0.25) is 0 Å². The molecule has 0 aromatic rings. The molecule has 2 N–H and O–H groups in total. The number of imide groups is 1. The van der Waals surface area contributed by atoms with Crippen molar-refractivity contribution in [1.29, 1.82) is 0 Å². The zero-order valence-electron chi connectivity index (χ0n) is 12.3. The minimum absolute atomic E-state index is 0. The van der Waals surface area contributed by atoms with E-state index in [0.717, 1.165) is 25.6 Å². The number of carbonyl (C=O) groups excluding carboxylic acids is 2. The third-order valence-electron chi connectivity index (χ3n) is 4.56. The Labute approximate surface area is 132 Å². The molecule has 21 heavy (non-hydrogen) atoms. The second-order valence-electron chi connectivity index (χ2n) is 6.17. The zero-order valence-corrected chi connectivity index (χ0v) is 13.2. The highest BCUT2D eigenvalue weighted by Crippen LogP contribution is 2.28. The van der Waals surface area contributed by atoms with Gasteiger partial charge in [0.05, 0.1) is 6.54 Å². The number of nitrogens with zero attached hydrogens (tertiary/aromatic N) is 2. The van der Waals surface area contributed by atoms with Gasteiger partial charge >= 0.3 is 6.03 Å². The number of carbonyl (C=O) groups is 2. The van der Waals surface area contributed by atoms with E-state index in [0.29, 0.717) is 12.6 Å². The van der Waals surface area contributed by atoms with Crippen LogP contribution in [0, 0.1) is 5.92 Å². The topological polar surface area (TPSA) is 64.7 Å². The lowest BCUT2D eigenvalue weighted by molar-refractivity contribution is -0.125. The summed E-state index contributed by atoms with van der Waals surface area (Å²) in [5.74, 6) is 0.837. The fourth-order valence-corrected chi connectivity index (χ4v) is 2.94. The van der Waals surface area contributed by atoms with Gasteiger partial charge in [0, 0.05) is 19.1 Å². The predicted octanol–water partition coefficient (Wildman–Crippen LogP) is 0.424. The van der Waals surface area contributed by atoms with E-state index < -0.39 is 0 Å². The molecule has 2 aliphatic heterocycles. The summed E-state index contributed by atoms with van der Waals surface area (Å²) in [6.45, 7) is 4.79. The first-order valence-corrected chi connectivity index (χ1v) is 7.76. The first kappa shape index (κ1) is 16.5. The van der Waals surface area contributed by atoms with Gasteiger partial charge in [0.25, 0.3) is 0 Å². The molecule has 7 heteroatoms. The number of hydrogen-bond donors (Lipinski definition) is 2. The van der Waals surface area contributed by atoms with Crippen LogP contribution in [0.3, 0.4) is 0 Å². The van der Waals surface area contributed by atoms with E-state index in [2.05, 4.69) is 15.5 Å². The number of halogens is 1. The maximum atomic E-state index is 11.5. The van der Waals surface area contributed by atoms with Gasteiger partial charge in [0.15, 0.2) is 0 Å². The summed E-state index contributed by atoms with van der Waals surface area (Å²) in [7, 11) is 0. The van der Waals surface area contributed by atoms with Crippen LogP contribution in [0.1, 0.15) is 25.7 Å². The monoisotopic (exact) mass is 316 g/mol. The van der Waals surface area contributed by atoms with E-state index in [-0.39, 0.29) is 30.9 Å². The Hall–Kier alpha value is -0.850. The molecule has 1 saturated carbocycles. The molecule has 6 nitrogen and oxygen atoms in total.